The number of fused-ring (bicyclic) bond motifs is 1. The van der Waals surface area contributed by atoms with Gasteiger partial charge < -0.3 is 14.8 Å². The first-order valence-corrected chi connectivity index (χ1v) is 12.8. The molecular weight excluding hydrogens is 454 g/mol. The first-order chi connectivity index (χ1) is 16.9. The number of halogens is 2. The minimum Gasteiger partial charge on any atom is -0.329 e. The van der Waals surface area contributed by atoms with Crippen molar-refractivity contribution in [1.82, 2.24) is 25.1 Å². The average molecular weight is 487 g/mol. The predicted molar refractivity (Wildman–Crippen MR) is 128 cm³/mol. The molecule has 3 aliphatic heterocycles. The zero-order valence-electron chi connectivity index (χ0n) is 19.8. The van der Waals surface area contributed by atoms with Crippen molar-refractivity contribution < 1.29 is 18.4 Å². The zero-order valence-corrected chi connectivity index (χ0v) is 19.8. The summed E-state index contributed by atoms with van der Waals surface area (Å²) < 4.78 is 30.9. The molecule has 3 amide bonds. The van der Waals surface area contributed by atoms with E-state index in [4.69, 9.17) is 4.98 Å². The molecule has 4 aliphatic rings. The number of rotatable bonds is 5. The maximum absolute atomic E-state index is 14.3. The summed E-state index contributed by atoms with van der Waals surface area (Å²) in [4.78, 5) is 32.5. The summed E-state index contributed by atoms with van der Waals surface area (Å²) in [5, 5.41) is 6.27. The minimum atomic E-state index is -2.63. The number of nitrogens with one attached hydrogen (secondary N) is 2. The third-order valence-electron chi connectivity index (χ3n) is 8.13. The Labute approximate surface area is 203 Å². The van der Waals surface area contributed by atoms with Crippen molar-refractivity contribution in [3.63, 3.8) is 0 Å². The number of amides is 3. The van der Waals surface area contributed by atoms with Gasteiger partial charge in [0.25, 0.3) is 5.92 Å². The minimum absolute atomic E-state index is 0.212. The van der Waals surface area contributed by atoms with Crippen LogP contribution in [-0.4, -0.2) is 71.6 Å². The van der Waals surface area contributed by atoms with Gasteiger partial charge in [-0.15, -0.1) is 0 Å². The van der Waals surface area contributed by atoms with Gasteiger partial charge in [-0.2, -0.15) is 0 Å². The molecule has 0 radical (unpaired) electrons. The number of imide groups is 1. The SMILES string of the molecule is O=C1CCN(c2cnc3c(c2)c(C2CC2)cn3C2CCN(CC3CCNCC3(F)F)CC2)C(=O)N1. The van der Waals surface area contributed by atoms with E-state index in [1.165, 1.54) is 5.56 Å². The van der Waals surface area contributed by atoms with E-state index in [2.05, 4.69) is 26.3 Å². The molecule has 0 aromatic carbocycles. The highest BCUT2D eigenvalue weighted by molar-refractivity contribution is 6.06. The second-order valence-electron chi connectivity index (χ2n) is 10.5. The maximum atomic E-state index is 14.3. The second-order valence-corrected chi connectivity index (χ2v) is 10.5. The number of carbonyl (C=O) groups excluding carboxylic acids is 2. The van der Waals surface area contributed by atoms with E-state index < -0.39 is 17.9 Å². The molecule has 5 heterocycles. The van der Waals surface area contributed by atoms with Gasteiger partial charge in [0, 0.05) is 56.1 Å². The molecule has 10 heteroatoms. The molecule has 8 nitrogen and oxygen atoms in total. The Balaban J connectivity index is 1.20. The van der Waals surface area contributed by atoms with E-state index in [-0.39, 0.29) is 24.9 Å². The van der Waals surface area contributed by atoms with Crippen molar-refractivity contribution in [2.75, 3.05) is 44.2 Å². The number of piperidine rings is 2. The van der Waals surface area contributed by atoms with Crippen LogP contribution >= 0.6 is 0 Å². The van der Waals surface area contributed by atoms with E-state index >= 15 is 0 Å². The van der Waals surface area contributed by atoms with E-state index in [0.29, 0.717) is 37.7 Å². The van der Waals surface area contributed by atoms with E-state index in [9.17, 15) is 18.4 Å². The van der Waals surface area contributed by atoms with Gasteiger partial charge in [-0.05, 0) is 56.2 Å². The molecular formula is C25H32F2N6O2. The highest BCUT2D eigenvalue weighted by Crippen LogP contribution is 2.45. The van der Waals surface area contributed by atoms with Crippen molar-refractivity contribution in [2.24, 2.45) is 5.92 Å². The van der Waals surface area contributed by atoms with Crippen molar-refractivity contribution in [3.05, 3.63) is 24.0 Å². The lowest BCUT2D eigenvalue weighted by atomic mass is 9.92. The van der Waals surface area contributed by atoms with E-state index in [0.717, 1.165) is 49.8 Å². The van der Waals surface area contributed by atoms with Crippen molar-refractivity contribution >= 4 is 28.7 Å². The third-order valence-corrected chi connectivity index (χ3v) is 8.13. The number of likely N-dealkylation sites (tertiary alicyclic amines) is 1. The van der Waals surface area contributed by atoms with Crippen LogP contribution in [0, 0.1) is 5.92 Å². The largest absolute Gasteiger partial charge is 0.329 e. The lowest BCUT2D eigenvalue weighted by Crippen LogP contribution is -2.51. The fourth-order valence-corrected chi connectivity index (χ4v) is 5.90. The highest BCUT2D eigenvalue weighted by Gasteiger charge is 2.42. The average Bonchev–Trinajstić information content (AvgIpc) is 3.61. The molecule has 2 aromatic rings. The predicted octanol–water partition coefficient (Wildman–Crippen LogP) is 3.24. The Bertz CT molecular complexity index is 1140. The summed E-state index contributed by atoms with van der Waals surface area (Å²) in [5.74, 6) is -2.93. The van der Waals surface area contributed by atoms with Crippen LogP contribution in [0.4, 0.5) is 19.3 Å². The first kappa shape index (κ1) is 22.8. The number of aromatic nitrogens is 2. The van der Waals surface area contributed by atoms with Gasteiger partial charge in [0.2, 0.25) is 5.91 Å². The Kier molecular flexibility index (Phi) is 5.75. The monoisotopic (exact) mass is 486 g/mol. The topological polar surface area (TPSA) is 82.5 Å². The number of nitrogens with zero attached hydrogens (tertiary/aromatic N) is 4. The van der Waals surface area contributed by atoms with Gasteiger partial charge in [-0.1, -0.05) is 0 Å². The lowest BCUT2D eigenvalue weighted by molar-refractivity contribution is -0.120. The molecule has 6 rings (SSSR count). The number of pyridine rings is 1. The summed E-state index contributed by atoms with van der Waals surface area (Å²) in [7, 11) is 0. The van der Waals surface area contributed by atoms with Gasteiger partial charge in [-0.3, -0.25) is 15.0 Å². The van der Waals surface area contributed by atoms with Crippen LogP contribution in [-0.2, 0) is 4.79 Å². The standard InChI is InChI=1S/C25H32F2N6O2/c26-25(27)15-28-7-3-17(25)13-31-8-4-18(5-9-31)33-14-21(16-1-2-16)20-11-19(12-29-23(20)33)32-10-6-22(34)30-24(32)35/h11-12,14,16-18,28H,1-10,13,15H2,(H,30,34,35). The Morgan fingerprint density at radius 3 is 2.60 bits per heavy atom. The maximum Gasteiger partial charge on any atom is 0.328 e. The summed E-state index contributed by atoms with van der Waals surface area (Å²) in [6.45, 7) is 2.89. The van der Waals surface area contributed by atoms with Crippen molar-refractivity contribution in [2.45, 2.75) is 56.4 Å². The molecule has 0 spiro atoms. The molecule has 1 saturated carbocycles. The third kappa shape index (κ3) is 4.42. The Morgan fingerprint density at radius 2 is 1.89 bits per heavy atom. The number of carbonyl (C=O) groups is 2. The van der Waals surface area contributed by atoms with Crippen molar-refractivity contribution in [1.29, 1.82) is 0 Å². The number of alkyl halides is 2. The quantitative estimate of drug-likeness (QED) is 0.678. The molecule has 4 fully saturated rings. The zero-order chi connectivity index (χ0) is 24.2. The van der Waals surface area contributed by atoms with E-state index in [1.807, 2.05) is 6.07 Å². The van der Waals surface area contributed by atoms with Crippen LogP contribution in [0.1, 0.15) is 56.0 Å². The smallest absolute Gasteiger partial charge is 0.328 e. The van der Waals surface area contributed by atoms with Crippen LogP contribution in [0.2, 0.25) is 0 Å². The summed E-state index contributed by atoms with van der Waals surface area (Å²) in [5.41, 5.74) is 2.91. The van der Waals surface area contributed by atoms with Gasteiger partial charge in [-0.25, -0.2) is 18.6 Å². The molecule has 1 unspecified atom stereocenters. The summed E-state index contributed by atoms with van der Waals surface area (Å²) in [6, 6.07) is 1.92. The fourth-order valence-electron chi connectivity index (χ4n) is 5.90. The van der Waals surface area contributed by atoms with Crippen LogP contribution in [0.5, 0.6) is 0 Å². The molecule has 0 bridgehead atoms. The van der Waals surface area contributed by atoms with Crippen LogP contribution < -0.4 is 15.5 Å². The Hall–Kier alpha value is -2.59. The van der Waals surface area contributed by atoms with Crippen molar-refractivity contribution in [3.8, 4) is 0 Å². The number of hydrogen-bond donors (Lipinski definition) is 2. The molecule has 1 atom stereocenters. The van der Waals surface area contributed by atoms with E-state index in [1.54, 1.807) is 11.1 Å². The number of anilines is 1. The fraction of sp³-hybridized carbons (Fsp3) is 0.640. The molecule has 188 valence electrons. The number of hydrogen-bond acceptors (Lipinski definition) is 5. The Morgan fingerprint density at radius 1 is 1.09 bits per heavy atom. The first-order valence-electron chi connectivity index (χ1n) is 12.8. The summed E-state index contributed by atoms with van der Waals surface area (Å²) in [6.07, 6.45) is 8.89. The van der Waals surface area contributed by atoms with Gasteiger partial charge in [0.1, 0.15) is 5.65 Å². The molecule has 35 heavy (non-hydrogen) atoms. The second kappa shape index (κ2) is 8.81. The van der Waals surface area contributed by atoms with Crippen LogP contribution in [0.25, 0.3) is 11.0 Å². The lowest BCUT2D eigenvalue weighted by Gasteiger charge is -2.38. The highest BCUT2D eigenvalue weighted by atomic mass is 19.3. The van der Waals surface area contributed by atoms with Gasteiger partial charge in [0.15, 0.2) is 0 Å². The molecule has 3 saturated heterocycles. The number of urea groups is 1. The van der Waals surface area contributed by atoms with Gasteiger partial charge >= 0.3 is 6.03 Å². The molecule has 2 N–H and O–H groups in total. The van der Waals surface area contributed by atoms with Crippen LogP contribution in [0.3, 0.4) is 0 Å². The summed E-state index contributed by atoms with van der Waals surface area (Å²) >= 11 is 0. The van der Waals surface area contributed by atoms with Gasteiger partial charge in [0.05, 0.1) is 18.4 Å². The normalized spacial score (nSPS) is 26.3. The molecule has 1 aliphatic carbocycles. The van der Waals surface area contributed by atoms with Crippen LogP contribution in [0.15, 0.2) is 18.5 Å². The molecule has 2 aromatic heterocycles.